The highest BCUT2D eigenvalue weighted by Gasteiger charge is 2.39. The molecule has 1 saturated heterocycles. The van der Waals surface area contributed by atoms with Crippen LogP contribution in [0.1, 0.15) is 42.6 Å². The van der Waals surface area contributed by atoms with Gasteiger partial charge in [0, 0.05) is 35.5 Å². The van der Waals surface area contributed by atoms with Crippen LogP contribution in [0.15, 0.2) is 22.8 Å². The van der Waals surface area contributed by atoms with Crippen molar-refractivity contribution >= 4 is 57.0 Å². The third kappa shape index (κ3) is 4.42. The standard InChI is InChI=1S/C21H24BrN7O4/c1-21(2)13-6-11(7-14(22)15(13)27-18(21)31)25-17-12(16(23)30)8-24-19(28-17)29-5-3-4-10(9-29)26-20(32)33/h6-8,10,26H,3-5,9H2,1-2H3,(H2,23,30)(H,27,31)(H,32,33)(H,24,25,28). The molecule has 1 aromatic carbocycles. The van der Waals surface area contributed by atoms with Gasteiger partial charge in [0.15, 0.2) is 0 Å². The van der Waals surface area contributed by atoms with Gasteiger partial charge in [0.2, 0.25) is 11.9 Å². The third-order valence-electron chi connectivity index (χ3n) is 5.91. The summed E-state index contributed by atoms with van der Waals surface area (Å²) in [5.41, 5.74) is 7.06. The van der Waals surface area contributed by atoms with Gasteiger partial charge in [0.25, 0.3) is 5.91 Å². The lowest BCUT2D eigenvalue weighted by Crippen LogP contribution is -2.48. The van der Waals surface area contributed by atoms with Crippen LogP contribution in [0.3, 0.4) is 0 Å². The van der Waals surface area contributed by atoms with Crippen molar-refractivity contribution in [2.24, 2.45) is 5.73 Å². The molecule has 4 rings (SSSR count). The third-order valence-corrected chi connectivity index (χ3v) is 6.53. The van der Waals surface area contributed by atoms with Crippen molar-refractivity contribution in [1.82, 2.24) is 15.3 Å². The number of hydrogen-bond acceptors (Lipinski definition) is 7. The minimum atomic E-state index is -1.08. The van der Waals surface area contributed by atoms with Crippen LogP contribution < -0.4 is 26.6 Å². The van der Waals surface area contributed by atoms with Crippen molar-refractivity contribution in [2.45, 2.75) is 38.1 Å². The van der Waals surface area contributed by atoms with Gasteiger partial charge in [0.05, 0.1) is 11.1 Å². The van der Waals surface area contributed by atoms with E-state index in [0.29, 0.717) is 34.9 Å². The number of carbonyl (C=O) groups is 3. The number of aromatic nitrogens is 2. The Morgan fingerprint density at radius 2 is 2.12 bits per heavy atom. The van der Waals surface area contributed by atoms with Gasteiger partial charge in [-0.15, -0.1) is 0 Å². The number of carboxylic acid groups (broad SMARTS) is 1. The first-order chi connectivity index (χ1) is 15.6. The highest BCUT2D eigenvalue weighted by molar-refractivity contribution is 9.10. The molecule has 0 spiro atoms. The molecule has 1 aromatic heterocycles. The highest BCUT2D eigenvalue weighted by atomic mass is 79.9. The van der Waals surface area contributed by atoms with Gasteiger partial charge < -0.3 is 31.7 Å². The van der Waals surface area contributed by atoms with Crippen LogP contribution in [0.4, 0.5) is 27.9 Å². The number of carbonyl (C=O) groups excluding carboxylic acids is 2. The van der Waals surface area contributed by atoms with Gasteiger partial charge in [-0.25, -0.2) is 9.78 Å². The van der Waals surface area contributed by atoms with Crippen LogP contribution in [0.25, 0.3) is 0 Å². The predicted molar refractivity (Wildman–Crippen MR) is 126 cm³/mol. The van der Waals surface area contributed by atoms with E-state index in [2.05, 4.69) is 41.8 Å². The molecule has 2 aromatic rings. The lowest BCUT2D eigenvalue weighted by Gasteiger charge is -2.32. The molecule has 33 heavy (non-hydrogen) atoms. The number of benzene rings is 1. The first-order valence-electron chi connectivity index (χ1n) is 10.4. The van der Waals surface area contributed by atoms with Crippen LogP contribution in [0.2, 0.25) is 0 Å². The largest absolute Gasteiger partial charge is 0.465 e. The Morgan fingerprint density at radius 1 is 1.36 bits per heavy atom. The number of nitrogens with two attached hydrogens (primary N) is 1. The van der Waals surface area contributed by atoms with Crippen molar-refractivity contribution in [3.63, 3.8) is 0 Å². The van der Waals surface area contributed by atoms with Crippen LogP contribution in [0.5, 0.6) is 0 Å². The first-order valence-corrected chi connectivity index (χ1v) is 11.2. The second-order valence-corrected chi connectivity index (χ2v) is 9.47. The Hall–Kier alpha value is -3.41. The number of nitrogens with zero attached hydrogens (tertiary/aromatic N) is 3. The van der Waals surface area contributed by atoms with E-state index >= 15 is 0 Å². The van der Waals surface area contributed by atoms with Crippen molar-refractivity contribution in [3.8, 4) is 0 Å². The normalized spacial score (nSPS) is 18.9. The number of primary amides is 1. The van der Waals surface area contributed by atoms with E-state index in [9.17, 15) is 14.4 Å². The maximum atomic E-state index is 12.3. The minimum absolute atomic E-state index is 0.105. The monoisotopic (exact) mass is 517 g/mol. The second kappa shape index (κ2) is 8.50. The quantitative estimate of drug-likeness (QED) is 0.403. The molecule has 11 nitrogen and oxygen atoms in total. The van der Waals surface area contributed by atoms with Gasteiger partial charge >= 0.3 is 6.09 Å². The maximum absolute atomic E-state index is 12.3. The number of fused-ring (bicyclic) bond motifs is 1. The average Bonchev–Trinajstić information content (AvgIpc) is 2.97. The molecular formula is C21H24BrN7O4. The summed E-state index contributed by atoms with van der Waals surface area (Å²) in [4.78, 5) is 46.1. The molecule has 6 N–H and O–H groups in total. The summed E-state index contributed by atoms with van der Waals surface area (Å²) >= 11 is 3.50. The predicted octanol–water partition coefficient (Wildman–Crippen LogP) is 2.55. The average molecular weight is 518 g/mol. The lowest BCUT2D eigenvalue weighted by molar-refractivity contribution is -0.119. The topological polar surface area (TPSA) is 163 Å². The minimum Gasteiger partial charge on any atom is -0.465 e. The Morgan fingerprint density at radius 3 is 2.82 bits per heavy atom. The number of halogens is 1. The lowest BCUT2D eigenvalue weighted by atomic mass is 9.86. The molecule has 1 atom stereocenters. The molecule has 2 aliphatic rings. The second-order valence-electron chi connectivity index (χ2n) is 8.62. The van der Waals surface area contributed by atoms with E-state index in [0.717, 1.165) is 18.4 Å². The zero-order chi connectivity index (χ0) is 23.9. The summed E-state index contributed by atoms with van der Waals surface area (Å²) in [5, 5.41) is 17.5. The van der Waals surface area contributed by atoms with E-state index < -0.39 is 17.4 Å². The number of hydrogen-bond donors (Lipinski definition) is 5. The molecule has 1 fully saturated rings. The van der Waals surface area contributed by atoms with E-state index in [4.69, 9.17) is 10.8 Å². The summed E-state index contributed by atoms with van der Waals surface area (Å²) in [6.07, 6.45) is 1.77. The fourth-order valence-electron chi connectivity index (χ4n) is 4.08. The van der Waals surface area contributed by atoms with E-state index in [-0.39, 0.29) is 23.3 Å². The number of nitrogens with one attached hydrogen (secondary N) is 3. The molecule has 0 radical (unpaired) electrons. The van der Waals surface area contributed by atoms with Crippen molar-refractivity contribution in [1.29, 1.82) is 0 Å². The molecule has 174 valence electrons. The summed E-state index contributed by atoms with van der Waals surface area (Å²) in [6.45, 7) is 4.73. The number of anilines is 4. The molecule has 12 heteroatoms. The highest BCUT2D eigenvalue weighted by Crippen LogP contribution is 2.43. The molecule has 0 bridgehead atoms. The van der Waals surface area contributed by atoms with E-state index in [1.807, 2.05) is 24.8 Å². The summed E-state index contributed by atoms with van der Waals surface area (Å²) < 4.78 is 0.690. The summed E-state index contributed by atoms with van der Waals surface area (Å²) in [5.74, 6) is -0.211. The van der Waals surface area contributed by atoms with Gasteiger partial charge in [-0.2, -0.15) is 4.98 Å². The number of amides is 3. The molecule has 3 amide bonds. The van der Waals surface area contributed by atoms with E-state index in [1.165, 1.54) is 6.20 Å². The van der Waals surface area contributed by atoms with Crippen LogP contribution in [-0.4, -0.2) is 52.1 Å². The Balaban J connectivity index is 1.66. The maximum Gasteiger partial charge on any atom is 0.404 e. The fraction of sp³-hybridized carbons (Fsp3) is 0.381. The summed E-state index contributed by atoms with van der Waals surface area (Å²) in [6, 6.07) is 3.37. The molecule has 2 aliphatic heterocycles. The molecule has 0 saturated carbocycles. The molecule has 0 aliphatic carbocycles. The molecule has 3 heterocycles. The van der Waals surface area contributed by atoms with Crippen LogP contribution in [-0.2, 0) is 10.2 Å². The SMILES string of the molecule is CC1(C)C(=O)Nc2c(Br)cc(Nc3nc(N4CCCC(NC(=O)O)C4)ncc3C(N)=O)cc21. The smallest absolute Gasteiger partial charge is 0.404 e. The molecular weight excluding hydrogens is 494 g/mol. The summed E-state index contributed by atoms with van der Waals surface area (Å²) in [7, 11) is 0. The van der Waals surface area contributed by atoms with Crippen LogP contribution >= 0.6 is 15.9 Å². The van der Waals surface area contributed by atoms with Crippen LogP contribution in [0, 0.1) is 0 Å². The van der Waals surface area contributed by atoms with Crippen molar-refractivity contribution in [3.05, 3.63) is 33.9 Å². The Labute approximate surface area is 198 Å². The zero-order valence-electron chi connectivity index (χ0n) is 18.1. The van der Waals surface area contributed by atoms with Crippen molar-refractivity contribution in [2.75, 3.05) is 28.6 Å². The number of piperidine rings is 1. The Bertz CT molecular complexity index is 1150. The van der Waals surface area contributed by atoms with Gasteiger partial charge in [-0.05, 0) is 60.3 Å². The fourth-order valence-corrected chi connectivity index (χ4v) is 4.64. The van der Waals surface area contributed by atoms with E-state index in [1.54, 1.807) is 6.07 Å². The van der Waals surface area contributed by atoms with Gasteiger partial charge in [0.1, 0.15) is 11.4 Å². The first kappa shape index (κ1) is 22.8. The van der Waals surface area contributed by atoms with Gasteiger partial charge in [-0.1, -0.05) is 0 Å². The van der Waals surface area contributed by atoms with Gasteiger partial charge in [-0.3, -0.25) is 9.59 Å². The van der Waals surface area contributed by atoms with Crippen molar-refractivity contribution < 1.29 is 19.5 Å². The number of rotatable bonds is 5. The Kier molecular flexibility index (Phi) is 5.87. The zero-order valence-corrected chi connectivity index (χ0v) is 19.7. The molecule has 1 unspecified atom stereocenters.